The summed E-state index contributed by atoms with van der Waals surface area (Å²) in [5, 5.41) is 0.233. The van der Waals surface area contributed by atoms with E-state index in [1.165, 1.54) is 12.1 Å². The Morgan fingerprint density at radius 2 is 1.63 bits per heavy atom. The molecule has 6 heteroatoms. The first-order valence-electron chi connectivity index (χ1n) is 6.08. The van der Waals surface area contributed by atoms with Crippen molar-refractivity contribution in [3.63, 3.8) is 0 Å². The van der Waals surface area contributed by atoms with Crippen LogP contribution < -0.4 is 5.46 Å². The molecule has 0 bridgehead atoms. The first-order chi connectivity index (χ1) is 8.66. The average Bonchev–Trinajstić information content (AvgIpc) is 2.47. The van der Waals surface area contributed by atoms with Crippen LogP contribution in [0.25, 0.3) is 0 Å². The molecule has 1 aromatic rings. The van der Waals surface area contributed by atoms with Crippen LogP contribution in [0.15, 0.2) is 18.2 Å². The van der Waals surface area contributed by atoms with Crippen LogP contribution in [-0.4, -0.2) is 18.3 Å². The molecule has 2 rings (SSSR count). The topological polar surface area (TPSA) is 18.5 Å². The lowest BCUT2D eigenvalue weighted by molar-refractivity contribution is 0.00578. The minimum Gasteiger partial charge on any atom is -0.399 e. The molecular weight excluding hydrogens is 272 g/mol. The van der Waals surface area contributed by atoms with Crippen LogP contribution in [0.5, 0.6) is 0 Å². The molecule has 0 saturated carbocycles. The van der Waals surface area contributed by atoms with Gasteiger partial charge in [-0.25, -0.2) is 8.78 Å². The molecule has 104 valence electrons. The second-order valence-electron chi connectivity index (χ2n) is 5.63. The lowest BCUT2D eigenvalue weighted by atomic mass is 9.76. The summed E-state index contributed by atoms with van der Waals surface area (Å²) in [6, 6.07) is 4.41. The highest BCUT2D eigenvalue weighted by molar-refractivity contribution is 6.66. The molecule has 0 unspecified atom stereocenters. The number of hydrogen-bond acceptors (Lipinski definition) is 2. The van der Waals surface area contributed by atoms with E-state index < -0.39 is 24.7 Å². The Hall–Kier alpha value is -0.645. The minimum atomic E-state index is -2.62. The lowest BCUT2D eigenvalue weighted by Gasteiger charge is -2.32. The molecule has 0 spiro atoms. The van der Waals surface area contributed by atoms with Crippen molar-refractivity contribution in [1.82, 2.24) is 0 Å². The summed E-state index contributed by atoms with van der Waals surface area (Å²) in [7, 11) is -0.872. The van der Waals surface area contributed by atoms with Crippen LogP contribution >= 0.6 is 11.6 Å². The Morgan fingerprint density at radius 3 is 2.11 bits per heavy atom. The fourth-order valence-electron chi connectivity index (χ4n) is 1.95. The van der Waals surface area contributed by atoms with Gasteiger partial charge in [-0.1, -0.05) is 23.7 Å². The Balaban J connectivity index is 2.45. The van der Waals surface area contributed by atoms with Gasteiger partial charge in [0.25, 0.3) is 6.43 Å². The first-order valence-corrected chi connectivity index (χ1v) is 6.45. The van der Waals surface area contributed by atoms with E-state index in [1.807, 2.05) is 27.7 Å². The van der Waals surface area contributed by atoms with E-state index in [2.05, 4.69) is 0 Å². The van der Waals surface area contributed by atoms with Gasteiger partial charge in [-0.2, -0.15) is 0 Å². The van der Waals surface area contributed by atoms with Gasteiger partial charge >= 0.3 is 7.12 Å². The van der Waals surface area contributed by atoms with Gasteiger partial charge in [0.15, 0.2) is 0 Å². The SMILES string of the molecule is CC1(C)OB(c2c(Cl)cccc2C(F)F)OC1(C)C. The average molecular weight is 289 g/mol. The Labute approximate surface area is 117 Å². The van der Waals surface area contributed by atoms with Gasteiger partial charge in [0.1, 0.15) is 0 Å². The van der Waals surface area contributed by atoms with Crippen molar-refractivity contribution in [1.29, 1.82) is 0 Å². The van der Waals surface area contributed by atoms with Crippen LogP contribution in [0, 0.1) is 0 Å². The van der Waals surface area contributed by atoms with E-state index in [1.54, 1.807) is 6.07 Å². The second kappa shape index (κ2) is 4.72. The molecule has 0 radical (unpaired) electrons. The molecular formula is C13H16BClF2O2. The number of hydrogen-bond donors (Lipinski definition) is 0. The van der Waals surface area contributed by atoms with Crippen LogP contribution in [0.1, 0.15) is 39.7 Å². The third-order valence-electron chi connectivity index (χ3n) is 3.81. The molecule has 1 aliphatic rings. The smallest absolute Gasteiger partial charge is 0.399 e. The van der Waals surface area contributed by atoms with Crippen LogP contribution in [0.2, 0.25) is 5.02 Å². The monoisotopic (exact) mass is 288 g/mol. The second-order valence-corrected chi connectivity index (χ2v) is 6.04. The zero-order valence-electron chi connectivity index (χ0n) is 11.3. The number of alkyl halides is 2. The van der Waals surface area contributed by atoms with Crippen LogP contribution in [0.3, 0.4) is 0 Å². The molecule has 0 aliphatic carbocycles. The van der Waals surface area contributed by atoms with Crippen molar-refractivity contribution in [2.75, 3.05) is 0 Å². The Kier molecular flexibility index (Phi) is 3.67. The summed E-state index contributed by atoms with van der Waals surface area (Å²) in [5.41, 5.74) is -1.10. The molecule has 1 fully saturated rings. The van der Waals surface area contributed by atoms with Gasteiger partial charge in [0.2, 0.25) is 0 Å². The van der Waals surface area contributed by atoms with Crippen LogP contribution in [-0.2, 0) is 9.31 Å². The van der Waals surface area contributed by atoms with Crippen molar-refractivity contribution in [3.8, 4) is 0 Å². The minimum absolute atomic E-state index is 0.147. The number of halogens is 3. The zero-order valence-corrected chi connectivity index (χ0v) is 12.1. The van der Waals surface area contributed by atoms with Gasteiger partial charge in [-0.3, -0.25) is 0 Å². The lowest BCUT2D eigenvalue weighted by Crippen LogP contribution is -2.41. The Bertz CT molecular complexity index is 476. The number of rotatable bonds is 2. The fraction of sp³-hybridized carbons (Fsp3) is 0.538. The Morgan fingerprint density at radius 1 is 1.11 bits per heavy atom. The summed E-state index contributed by atoms with van der Waals surface area (Å²) in [6.07, 6.45) is -2.62. The molecule has 0 N–H and O–H groups in total. The highest BCUT2D eigenvalue weighted by Gasteiger charge is 2.53. The maximum absolute atomic E-state index is 13.1. The molecule has 1 saturated heterocycles. The third-order valence-corrected chi connectivity index (χ3v) is 4.14. The van der Waals surface area contributed by atoms with Crippen molar-refractivity contribution in [3.05, 3.63) is 28.8 Å². The molecule has 0 atom stereocenters. The van der Waals surface area contributed by atoms with Gasteiger partial charge in [0, 0.05) is 16.0 Å². The predicted octanol–water partition coefficient (Wildman–Crippen LogP) is 3.58. The standard InChI is InChI=1S/C13H16BClF2O2/c1-12(2)13(3,4)19-14(18-12)10-8(11(16)17)6-5-7-9(10)15/h5-7,11H,1-4H3. The zero-order chi connectivity index (χ0) is 14.4. The molecule has 2 nitrogen and oxygen atoms in total. The maximum Gasteiger partial charge on any atom is 0.496 e. The highest BCUT2D eigenvalue weighted by atomic mass is 35.5. The summed E-state index contributed by atoms with van der Waals surface area (Å²) in [6.45, 7) is 7.47. The van der Waals surface area contributed by atoms with E-state index in [0.29, 0.717) is 0 Å². The summed E-state index contributed by atoms with van der Waals surface area (Å²) >= 11 is 6.05. The summed E-state index contributed by atoms with van der Waals surface area (Å²) in [5.74, 6) is 0. The molecule has 0 aromatic heterocycles. The van der Waals surface area contributed by atoms with Crippen molar-refractivity contribution >= 4 is 24.2 Å². The summed E-state index contributed by atoms with van der Waals surface area (Å²) in [4.78, 5) is 0. The van der Waals surface area contributed by atoms with Gasteiger partial charge in [0.05, 0.1) is 11.2 Å². The molecule has 1 heterocycles. The van der Waals surface area contributed by atoms with E-state index in [9.17, 15) is 8.78 Å². The van der Waals surface area contributed by atoms with Gasteiger partial charge in [-0.05, 0) is 33.8 Å². The van der Waals surface area contributed by atoms with Crippen molar-refractivity contribution < 1.29 is 18.1 Å². The molecule has 1 aliphatic heterocycles. The van der Waals surface area contributed by atoms with Gasteiger partial charge < -0.3 is 9.31 Å². The van der Waals surface area contributed by atoms with Gasteiger partial charge in [-0.15, -0.1) is 0 Å². The predicted molar refractivity (Wildman–Crippen MR) is 72.1 cm³/mol. The quantitative estimate of drug-likeness (QED) is 0.775. The largest absolute Gasteiger partial charge is 0.496 e. The molecule has 19 heavy (non-hydrogen) atoms. The van der Waals surface area contributed by atoms with E-state index in [0.717, 1.165) is 0 Å². The fourth-order valence-corrected chi connectivity index (χ4v) is 2.22. The summed E-state index contributed by atoms with van der Waals surface area (Å²) < 4.78 is 37.7. The first kappa shape index (κ1) is 14.8. The van der Waals surface area contributed by atoms with Crippen molar-refractivity contribution in [2.24, 2.45) is 0 Å². The maximum atomic E-state index is 13.1. The highest BCUT2D eigenvalue weighted by Crippen LogP contribution is 2.37. The third kappa shape index (κ3) is 2.51. The normalized spacial score (nSPS) is 21.2. The number of benzene rings is 1. The molecule has 0 amide bonds. The molecule has 1 aromatic carbocycles. The van der Waals surface area contributed by atoms with Crippen LogP contribution in [0.4, 0.5) is 8.78 Å². The van der Waals surface area contributed by atoms with E-state index >= 15 is 0 Å². The van der Waals surface area contributed by atoms with Crippen molar-refractivity contribution in [2.45, 2.75) is 45.3 Å². The van der Waals surface area contributed by atoms with E-state index in [4.69, 9.17) is 20.9 Å². The van der Waals surface area contributed by atoms with E-state index in [-0.39, 0.29) is 16.0 Å².